The minimum atomic E-state index is 0.0788. The molecule has 0 spiro atoms. The molecule has 0 aromatic heterocycles. The lowest BCUT2D eigenvalue weighted by atomic mass is 9.89. The van der Waals surface area contributed by atoms with Crippen molar-refractivity contribution >= 4 is 5.78 Å². The van der Waals surface area contributed by atoms with E-state index in [0.29, 0.717) is 18.2 Å². The third-order valence-corrected chi connectivity index (χ3v) is 3.50. The molecule has 1 atom stereocenters. The van der Waals surface area contributed by atoms with Crippen LogP contribution in [0.25, 0.3) is 0 Å². The quantitative estimate of drug-likeness (QED) is 0.557. The van der Waals surface area contributed by atoms with Gasteiger partial charge in [-0.15, -0.1) is 0 Å². The van der Waals surface area contributed by atoms with Crippen molar-refractivity contribution in [1.29, 1.82) is 0 Å². The van der Waals surface area contributed by atoms with Crippen LogP contribution in [-0.2, 0) is 4.79 Å². The van der Waals surface area contributed by atoms with Gasteiger partial charge in [0.25, 0.3) is 0 Å². The zero-order valence-electron chi connectivity index (χ0n) is 12.0. The lowest BCUT2D eigenvalue weighted by Gasteiger charge is -2.17. The summed E-state index contributed by atoms with van der Waals surface area (Å²) >= 11 is 0. The number of carbonyl (C=O) groups is 1. The maximum atomic E-state index is 11.9. The molecule has 0 aromatic carbocycles. The van der Waals surface area contributed by atoms with Crippen molar-refractivity contribution in [1.82, 2.24) is 0 Å². The first-order valence-electron chi connectivity index (χ1n) is 7.36. The van der Waals surface area contributed by atoms with Gasteiger partial charge in [0.15, 0.2) is 0 Å². The van der Waals surface area contributed by atoms with Crippen molar-refractivity contribution in [2.75, 3.05) is 6.54 Å². The molecule has 2 nitrogen and oxygen atoms in total. The van der Waals surface area contributed by atoms with E-state index in [1.165, 1.54) is 38.5 Å². The van der Waals surface area contributed by atoms with Crippen LogP contribution < -0.4 is 5.73 Å². The molecule has 0 aliphatic rings. The van der Waals surface area contributed by atoms with Crippen LogP contribution in [0.4, 0.5) is 0 Å². The highest BCUT2D eigenvalue weighted by atomic mass is 16.1. The Hall–Kier alpha value is -0.370. The third kappa shape index (κ3) is 8.37. The molecule has 0 aromatic rings. The van der Waals surface area contributed by atoms with Gasteiger partial charge < -0.3 is 5.73 Å². The van der Waals surface area contributed by atoms with Crippen LogP contribution in [0.1, 0.15) is 72.1 Å². The van der Waals surface area contributed by atoms with E-state index in [1.807, 2.05) is 0 Å². The summed E-state index contributed by atoms with van der Waals surface area (Å²) in [4.78, 5) is 11.9. The van der Waals surface area contributed by atoms with Crippen LogP contribution in [0.15, 0.2) is 0 Å². The van der Waals surface area contributed by atoms with E-state index in [2.05, 4.69) is 20.8 Å². The average molecular weight is 241 g/mol. The van der Waals surface area contributed by atoms with Crippen molar-refractivity contribution in [3.63, 3.8) is 0 Å². The molecular formula is C15H31NO. The normalized spacial score (nSPS) is 13.0. The number of rotatable bonds is 11. The summed E-state index contributed by atoms with van der Waals surface area (Å²) in [5.41, 5.74) is 5.64. The summed E-state index contributed by atoms with van der Waals surface area (Å²) in [5, 5.41) is 0. The van der Waals surface area contributed by atoms with Crippen LogP contribution in [-0.4, -0.2) is 12.3 Å². The second kappa shape index (κ2) is 10.8. The molecule has 0 amide bonds. The first-order valence-corrected chi connectivity index (χ1v) is 7.36. The van der Waals surface area contributed by atoms with Gasteiger partial charge >= 0.3 is 0 Å². The van der Waals surface area contributed by atoms with Crippen molar-refractivity contribution in [2.45, 2.75) is 72.1 Å². The van der Waals surface area contributed by atoms with Crippen LogP contribution in [0.3, 0.4) is 0 Å². The van der Waals surface area contributed by atoms with Gasteiger partial charge in [0.05, 0.1) is 0 Å². The van der Waals surface area contributed by atoms with E-state index in [-0.39, 0.29) is 5.92 Å². The molecule has 0 aliphatic carbocycles. The Bertz CT molecular complexity index is 189. The van der Waals surface area contributed by atoms with Gasteiger partial charge in [-0.1, -0.05) is 59.3 Å². The van der Waals surface area contributed by atoms with Gasteiger partial charge in [0.2, 0.25) is 0 Å². The SMILES string of the molecule is CCCCCCCCCC(=O)C(CN)C(C)C. The maximum Gasteiger partial charge on any atom is 0.137 e. The molecule has 0 rings (SSSR count). The predicted octanol–water partition coefficient (Wildman–Crippen LogP) is 3.93. The molecule has 2 heteroatoms. The topological polar surface area (TPSA) is 43.1 Å². The fourth-order valence-corrected chi connectivity index (χ4v) is 2.22. The van der Waals surface area contributed by atoms with Gasteiger partial charge in [-0.25, -0.2) is 0 Å². The molecule has 0 heterocycles. The highest BCUT2D eigenvalue weighted by Crippen LogP contribution is 2.15. The lowest BCUT2D eigenvalue weighted by molar-refractivity contribution is -0.123. The number of Topliss-reactive ketones (excluding diaryl/α,β-unsaturated/α-hetero) is 1. The van der Waals surface area contributed by atoms with E-state index >= 15 is 0 Å². The van der Waals surface area contributed by atoms with Gasteiger partial charge in [0.1, 0.15) is 5.78 Å². The molecule has 102 valence electrons. The summed E-state index contributed by atoms with van der Waals surface area (Å²) in [6, 6.07) is 0. The van der Waals surface area contributed by atoms with Crippen molar-refractivity contribution in [3.8, 4) is 0 Å². The summed E-state index contributed by atoms with van der Waals surface area (Å²) < 4.78 is 0. The molecule has 0 fully saturated rings. The van der Waals surface area contributed by atoms with E-state index in [4.69, 9.17) is 5.73 Å². The van der Waals surface area contributed by atoms with Crippen molar-refractivity contribution in [3.05, 3.63) is 0 Å². The minimum Gasteiger partial charge on any atom is -0.330 e. The zero-order chi connectivity index (χ0) is 13.1. The first kappa shape index (κ1) is 16.6. The van der Waals surface area contributed by atoms with E-state index in [0.717, 1.165) is 12.8 Å². The average Bonchev–Trinajstić information content (AvgIpc) is 2.28. The fraction of sp³-hybridized carbons (Fsp3) is 0.933. The van der Waals surface area contributed by atoms with Crippen molar-refractivity contribution < 1.29 is 4.79 Å². The van der Waals surface area contributed by atoms with E-state index in [9.17, 15) is 4.79 Å². The summed E-state index contributed by atoms with van der Waals surface area (Å²) in [5.74, 6) is 0.836. The molecule has 0 radical (unpaired) electrons. The number of nitrogens with two attached hydrogens (primary N) is 1. The number of hydrogen-bond donors (Lipinski definition) is 1. The molecule has 1 unspecified atom stereocenters. The zero-order valence-corrected chi connectivity index (χ0v) is 12.0. The molecule has 0 aliphatic heterocycles. The first-order chi connectivity index (χ1) is 8.13. The maximum absolute atomic E-state index is 11.9. The van der Waals surface area contributed by atoms with E-state index in [1.54, 1.807) is 0 Å². The van der Waals surface area contributed by atoms with Gasteiger partial charge in [-0.05, 0) is 12.3 Å². The van der Waals surface area contributed by atoms with Crippen LogP contribution in [0, 0.1) is 11.8 Å². The molecule has 2 N–H and O–H groups in total. The Balaban J connectivity index is 3.50. The van der Waals surface area contributed by atoms with E-state index < -0.39 is 0 Å². The lowest BCUT2D eigenvalue weighted by Crippen LogP contribution is -2.28. The summed E-state index contributed by atoms with van der Waals surface area (Å²) in [6.07, 6.45) is 9.58. The molecule has 17 heavy (non-hydrogen) atoms. The summed E-state index contributed by atoms with van der Waals surface area (Å²) in [6.45, 7) is 6.91. The minimum absolute atomic E-state index is 0.0788. The second-order valence-electron chi connectivity index (χ2n) is 5.42. The standard InChI is InChI=1S/C15H31NO/c1-4-5-6-7-8-9-10-11-15(17)14(12-16)13(2)3/h13-14H,4-12,16H2,1-3H3. The Kier molecular flexibility index (Phi) is 10.5. The second-order valence-corrected chi connectivity index (χ2v) is 5.42. The Morgan fingerprint density at radius 3 is 2.00 bits per heavy atom. The Morgan fingerprint density at radius 2 is 1.53 bits per heavy atom. The molecular weight excluding hydrogens is 210 g/mol. The Morgan fingerprint density at radius 1 is 1.00 bits per heavy atom. The monoisotopic (exact) mass is 241 g/mol. The van der Waals surface area contributed by atoms with Crippen molar-refractivity contribution in [2.24, 2.45) is 17.6 Å². The molecule has 0 bridgehead atoms. The predicted molar refractivity (Wildman–Crippen MR) is 75.0 cm³/mol. The number of unbranched alkanes of at least 4 members (excludes halogenated alkanes) is 6. The number of carbonyl (C=O) groups excluding carboxylic acids is 1. The van der Waals surface area contributed by atoms with Crippen LogP contribution in [0.2, 0.25) is 0 Å². The third-order valence-electron chi connectivity index (χ3n) is 3.50. The van der Waals surface area contributed by atoms with Crippen LogP contribution in [0.5, 0.6) is 0 Å². The summed E-state index contributed by atoms with van der Waals surface area (Å²) in [7, 11) is 0. The highest BCUT2D eigenvalue weighted by molar-refractivity contribution is 5.81. The van der Waals surface area contributed by atoms with Gasteiger partial charge in [0, 0.05) is 18.9 Å². The fourth-order valence-electron chi connectivity index (χ4n) is 2.22. The van der Waals surface area contributed by atoms with Gasteiger partial charge in [-0.3, -0.25) is 4.79 Å². The number of hydrogen-bond acceptors (Lipinski definition) is 2. The molecule has 0 saturated heterocycles. The van der Waals surface area contributed by atoms with Crippen LogP contribution >= 0.6 is 0 Å². The largest absolute Gasteiger partial charge is 0.330 e. The smallest absolute Gasteiger partial charge is 0.137 e. The van der Waals surface area contributed by atoms with Gasteiger partial charge in [-0.2, -0.15) is 0 Å². The molecule has 0 saturated carbocycles. The Labute approximate surface area is 107 Å². The number of ketones is 1. The highest BCUT2D eigenvalue weighted by Gasteiger charge is 2.19.